The van der Waals surface area contributed by atoms with E-state index in [0.717, 1.165) is 10.4 Å². The molecule has 0 aromatic carbocycles. The van der Waals surface area contributed by atoms with E-state index >= 15 is 0 Å². The third-order valence-electron chi connectivity index (χ3n) is 1.95. The number of thiophene rings is 1. The maximum atomic E-state index is 10.3. The van der Waals surface area contributed by atoms with Crippen molar-refractivity contribution in [2.75, 3.05) is 13.2 Å². The van der Waals surface area contributed by atoms with Gasteiger partial charge in [-0.05, 0) is 6.07 Å². The Balaban J connectivity index is 2.00. The molecule has 4 nitrogen and oxygen atoms in total. The number of hydrogen-bond donors (Lipinski definition) is 1. The third kappa shape index (κ3) is 2.83. The van der Waals surface area contributed by atoms with Crippen molar-refractivity contribution in [2.45, 2.75) is 12.7 Å². The van der Waals surface area contributed by atoms with E-state index in [1.54, 1.807) is 0 Å². The molecule has 1 fully saturated rings. The van der Waals surface area contributed by atoms with Crippen LogP contribution in [0.3, 0.4) is 0 Å². The summed E-state index contributed by atoms with van der Waals surface area (Å²) in [6, 6.07) is 1.87. The zero-order valence-corrected chi connectivity index (χ0v) is 9.25. The number of hydrogen-bond acceptors (Lipinski definition) is 4. The minimum atomic E-state index is -0.912. The van der Waals surface area contributed by atoms with Crippen molar-refractivity contribution >= 4 is 17.3 Å². The van der Waals surface area contributed by atoms with Gasteiger partial charge in [-0.15, -0.1) is 11.3 Å². The van der Waals surface area contributed by atoms with Gasteiger partial charge in [0.2, 0.25) is 0 Å². The zero-order valence-electron chi connectivity index (χ0n) is 8.43. The number of rotatable bonds is 2. The van der Waals surface area contributed by atoms with Crippen molar-refractivity contribution in [3.05, 3.63) is 21.9 Å². The molecule has 0 amide bonds. The fourth-order valence-corrected chi connectivity index (χ4v) is 2.12. The Morgan fingerprint density at radius 2 is 2.31 bits per heavy atom. The molecule has 2 rings (SSSR count). The molecule has 0 spiro atoms. The summed E-state index contributed by atoms with van der Waals surface area (Å²) < 4.78 is 10.7. The molecule has 1 N–H and O–H groups in total. The van der Waals surface area contributed by atoms with Crippen LogP contribution in [0.5, 0.6) is 0 Å². The van der Waals surface area contributed by atoms with E-state index in [1.807, 2.05) is 11.4 Å². The van der Waals surface area contributed by atoms with Crippen LogP contribution in [0.25, 0.3) is 0 Å². The van der Waals surface area contributed by atoms with E-state index in [1.165, 1.54) is 11.3 Å². The van der Waals surface area contributed by atoms with Crippen LogP contribution in [0.1, 0.15) is 23.2 Å². The van der Waals surface area contributed by atoms with Crippen LogP contribution in [0.2, 0.25) is 0 Å². The Bertz CT molecular complexity index is 434. The fourth-order valence-electron chi connectivity index (χ4n) is 1.29. The normalized spacial score (nSPS) is 15.8. The smallest absolute Gasteiger partial charge is 0.315 e. The standard InChI is InChI=1S/C11H10O4S/c12-10(13)3-1-2-8-6-9(16-7-8)11-14-4-5-15-11/h6-7,11H,3-5H2,(H,12,13). The Morgan fingerprint density at radius 1 is 1.56 bits per heavy atom. The first-order chi connectivity index (χ1) is 7.75. The van der Waals surface area contributed by atoms with Crippen LogP contribution in [-0.4, -0.2) is 24.3 Å². The summed E-state index contributed by atoms with van der Waals surface area (Å²) >= 11 is 1.51. The molecular weight excluding hydrogens is 228 g/mol. The molecule has 1 aliphatic rings. The molecule has 16 heavy (non-hydrogen) atoms. The maximum Gasteiger partial charge on any atom is 0.315 e. The third-order valence-corrected chi connectivity index (χ3v) is 2.90. The lowest BCUT2D eigenvalue weighted by Crippen LogP contribution is -1.93. The molecule has 1 aromatic rings. The number of carboxylic acid groups (broad SMARTS) is 1. The number of carbonyl (C=O) groups is 1. The number of ether oxygens (including phenoxy) is 2. The van der Waals surface area contributed by atoms with Gasteiger partial charge in [-0.1, -0.05) is 11.8 Å². The van der Waals surface area contributed by atoms with Gasteiger partial charge in [0, 0.05) is 10.9 Å². The van der Waals surface area contributed by atoms with E-state index in [0.29, 0.717) is 13.2 Å². The van der Waals surface area contributed by atoms with E-state index in [4.69, 9.17) is 14.6 Å². The second-order valence-corrected chi connectivity index (χ2v) is 4.13. The van der Waals surface area contributed by atoms with Crippen molar-refractivity contribution < 1.29 is 19.4 Å². The van der Waals surface area contributed by atoms with Crippen molar-refractivity contribution in [1.82, 2.24) is 0 Å². The summed E-state index contributed by atoms with van der Waals surface area (Å²) in [6.45, 7) is 1.23. The molecule has 0 aliphatic carbocycles. The largest absolute Gasteiger partial charge is 0.481 e. The predicted octanol–water partition coefficient (Wildman–Crippen LogP) is 1.62. The average Bonchev–Trinajstić information content (AvgIpc) is 2.85. The van der Waals surface area contributed by atoms with Crippen LogP contribution in [0.15, 0.2) is 11.4 Å². The minimum Gasteiger partial charge on any atom is -0.481 e. The molecule has 0 saturated carbocycles. The van der Waals surface area contributed by atoms with Gasteiger partial charge in [0.05, 0.1) is 18.1 Å². The summed E-state index contributed by atoms with van der Waals surface area (Å²) in [5.41, 5.74) is 0.806. The van der Waals surface area contributed by atoms with Crippen LogP contribution in [0.4, 0.5) is 0 Å². The van der Waals surface area contributed by atoms with E-state index < -0.39 is 5.97 Å². The van der Waals surface area contributed by atoms with Gasteiger partial charge in [0.1, 0.15) is 6.42 Å². The second kappa shape index (κ2) is 5.12. The summed E-state index contributed by atoms with van der Waals surface area (Å²) in [5.74, 6) is 4.46. The van der Waals surface area contributed by atoms with Gasteiger partial charge in [-0.2, -0.15) is 0 Å². The zero-order chi connectivity index (χ0) is 11.4. The SMILES string of the molecule is O=C(O)CC#Cc1csc(C2OCCO2)c1. The Hall–Kier alpha value is -1.35. The molecule has 0 atom stereocenters. The number of carboxylic acids is 1. The molecule has 1 aromatic heterocycles. The minimum absolute atomic E-state index is 0.137. The summed E-state index contributed by atoms with van der Waals surface area (Å²) in [7, 11) is 0. The molecule has 0 radical (unpaired) electrons. The highest BCUT2D eigenvalue weighted by Crippen LogP contribution is 2.28. The lowest BCUT2D eigenvalue weighted by Gasteiger charge is -2.03. The molecule has 1 saturated heterocycles. The Morgan fingerprint density at radius 3 is 3.00 bits per heavy atom. The fraction of sp³-hybridized carbons (Fsp3) is 0.364. The van der Waals surface area contributed by atoms with E-state index in [-0.39, 0.29) is 12.7 Å². The van der Waals surface area contributed by atoms with Crippen molar-refractivity contribution in [3.8, 4) is 11.8 Å². The van der Waals surface area contributed by atoms with Crippen molar-refractivity contribution in [3.63, 3.8) is 0 Å². The van der Waals surface area contributed by atoms with Gasteiger partial charge >= 0.3 is 5.97 Å². The second-order valence-electron chi connectivity index (χ2n) is 3.18. The molecule has 5 heteroatoms. The maximum absolute atomic E-state index is 10.3. The van der Waals surface area contributed by atoms with Crippen LogP contribution >= 0.6 is 11.3 Å². The van der Waals surface area contributed by atoms with Crippen LogP contribution < -0.4 is 0 Å². The van der Waals surface area contributed by atoms with Crippen LogP contribution in [0, 0.1) is 11.8 Å². The van der Waals surface area contributed by atoms with Crippen molar-refractivity contribution in [1.29, 1.82) is 0 Å². The van der Waals surface area contributed by atoms with Crippen LogP contribution in [-0.2, 0) is 14.3 Å². The Kier molecular flexibility index (Phi) is 3.57. The first-order valence-electron chi connectivity index (χ1n) is 4.78. The highest BCUT2D eigenvalue weighted by molar-refractivity contribution is 7.10. The highest BCUT2D eigenvalue weighted by Gasteiger charge is 2.19. The lowest BCUT2D eigenvalue weighted by molar-refractivity contribution is -0.135. The van der Waals surface area contributed by atoms with Crippen molar-refractivity contribution in [2.24, 2.45) is 0 Å². The monoisotopic (exact) mass is 238 g/mol. The molecular formula is C11H10O4S. The lowest BCUT2D eigenvalue weighted by atomic mass is 10.3. The molecule has 2 heterocycles. The predicted molar refractivity (Wildman–Crippen MR) is 58.1 cm³/mol. The molecule has 1 aliphatic heterocycles. The van der Waals surface area contributed by atoms with Gasteiger partial charge in [0.15, 0.2) is 6.29 Å². The first kappa shape index (κ1) is 11.1. The average molecular weight is 238 g/mol. The Labute approximate surface area is 96.8 Å². The summed E-state index contributed by atoms with van der Waals surface area (Å²) in [4.78, 5) is 11.2. The summed E-state index contributed by atoms with van der Waals surface area (Å²) in [6.07, 6.45) is -0.415. The molecule has 84 valence electrons. The van der Waals surface area contributed by atoms with Gasteiger partial charge in [0.25, 0.3) is 0 Å². The van der Waals surface area contributed by atoms with Gasteiger partial charge < -0.3 is 14.6 Å². The van der Waals surface area contributed by atoms with E-state index in [2.05, 4.69) is 11.8 Å². The summed E-state index contributed by atoms with van der Waals surface area (Å²) in [5, 5.41) is 10.3. The molecule has 0 bridgehead atoms. The number of aliphatic carboxylic acids is 1. The highest BCUT2D eigenvalue weighted by atomic mass is 32.1. The van der Waals surface area contributed by atoms with Gasteiger partial charge in [-0.25, -0.2) is 0 Å². The quantitative estimate of drug-likeness (QED) is 0.795. The van der Waals surface area contributed by atoms with Gasteiger partial charge in [-0.3, -0.25) is 4.79 Å². The first-order valence-corrected chi connectivity index (χ1v) is 5.66. The topological polar surface area (TPSA) is 55.8 Å². The molecule has 0 unspecified atom stereocenters. The van der Waals surface area contributed by atoms with E-state index in [9.17, 15) is 4.79 Å².